The van der Waals surface area contributed by atoms with Crippen molar-refractivity contribution in [2.75, 3.05) is 18.7 Å². The van der Waals surface area contributed by atoms with Gasteiger partial charge in [-0.05, 0) is 31.0 Å². The number of carbonyl (C=O) groups is 1. The van der Waals surface area contributed by atoms with Crippen molar-refractivity contribution >= 4 is 38.7 Å². The van der Waals surface area contributed by atoms with Crippen molar-refractivity contribution < 1.29 is 13.2 Å². The summed E-state index contributed by atoms with van der Waals surface area (Å²) >= 11 is 1.39. The maximum Gasteiger partial charge on any atom is 0.314 e. The van der Waals surface area contributed by atoms with Crippen LogP contribution in [0.1, 0.15) is 12.8 Å². The van der Waals surface area contributed by atoms with E-state index in [1.165, 1.54) is 34.3 Å². The van der Waals surface area contributed by atoms with Gasteiger partial charge in [0.05, 0.1) is 21.8 Å². The van der Waals surface area contributed by atoms with Crippen molar-refractivity contribution in [2.45, 2.75) is 29.8 Å². The molecule has 1 unspecified atom stereocenters. The summed E-state index contributed by atoms with van der Waals surface area (Å²) in [6, 6.07) is 3.56. The molecule has 1 aliphatic carbocycles. The molecule has 2 aromatic rings. The number of thioether (sulfide) groups is 1. The monoisotopic (exact) mass is 410 g/mol. The van der Waals surface area contributed by atoms with E-state index >= 15 is 0 Å². The minimum absolute atomic E-state index is 0.0351. The zero-order chi connectivity index (χ0) is 19.3. The number of aromatic nitrogens is 2. The number of fused-ring (bicyclic) bond motifs is 1. The molecule has 1 amide bonds. The lowest BCUT2D eigenvalue weighted by atomic mass is 10.3. The van der Waals surface area contributed by atoms with Crippen molar-refractivity contribution in [1.82, 2.24) is 19.2 Å². The first kappa shape index (κ1) is 18.3. The van der Waals surface area contributed by atoms with E-state index < -0.39 is 27.2 Å². The van der Waals surface area contributed by atoms with Crippen LogP contribution in [0.15, 0.2) is 32.7 Å². The van der Waals surface area contributed by atoms with Gasteiger partial charge in [0.25, 0.3) is 0 Å². The van der Waals surface area contributed by atoms with Crippen LogP contribution in [-0.4, -0.2) is 64.3 Å². The molecule has 2 N–H and O–H groups in total. The van der Waals surface area contributed by atoms with Crippen molar-refractivity contribution in [1.29, 1.82) is 0 Å². The second-order valence-corrected chi connectivity index (χ2v) is 9.59. The fourth-order valence-electron chi connectivity index (χ4n) is 3.13. The zero-order valence-electron chi connectivity index (χ0n) is 14.5. The minimum atomic E-state index is -3.94. The highest BCUT2D eigenvalue weighted by Gasteiger charge is 2.43. The highest BCUT2D eigenvalue weighted by molar-refractivity contribution is 8.00. The van der Waals surface area contributed by atoms with E-state index in [1.807, 2.05) is 0 Å². The predicted molar refractivity (Wildman–Crippen MR) is 101 cm³/mol. The van der Waals surface area contributed by atoms with Gasteiger partial charge in [0, 0.05) is 18.8 Å². The average Bonchev–Trinajstić information content (AvgIpc) is 3.36. The van der Waals surface area contributed by atoms with Crippen LogP contribution in [0.4, 0.5) is 0 Å². The molecule has 0 radical (unpaired) electrons. The lowest BCUT2D eigenvalue weighted by Crippen LogP contribution is -2.48. The smallest absolute Gasteiger partial charge is 0.314 e. The molecule has 1 aromatic carbocycles. The Balaban J connectivity index is 1.70. The summed E-state index contributed by atoms with van der Waals surface area (Å²) in [6.07, 6.45) is 1.90. The Morgan fingerprint density at radius 3 is 2.52 bits per heavy atom. The molecule has 1 aliphatic heterocycles. The van der Waals surface area contributed by atoms with E-state index in [2.05, 4.69) is 9.97 Å². The summed E-state index contributed by atoms with van der Waals surface area (Å²) in [5.41, 5.74) is -1.11. The number of sulfonamides is 1. The second kappa shape index (κ2) is 6.50. The third-order valence-corrected chi connectivity index (χ3v) is 7.90. The van der Waals surface area contributed by atoms with Crippen molar-refractivity contribution in [3.63, 3.8) is 0 Å². The number of aromatic amines is 2. The van der Waals surface area contributed by atoms with Crippen LogP contribution >= 0.6 is 11.8 Å². The molecule has 2 heterocycles. The Kier molecular flexibility index (Phi) is 4.40. The number of benzene rings is 1. The van der Waals surface area contributed by atoms with E-state index in [0.717, 1.165) is 12.8 Å². The van der Waals surface area contributed by atoms with Crippen molar-refractivity contribution in [2.24, 2.45) is 0 Å². The number of carbonyl (C=O) groups excluding carboxylic acids is 1. The number of amides is 1. The summed E-state index contributed by atoms with van der Waals surface area (Å²) in [6.45, 7) is 0. The highest BCUT2D eigenvalue weighted by atomic mass is 32.2. The molecule has 144 valence electrons. The van der Waals surface area contributed by atoms with Gasteiger partial charge in [-0.15, -0.1) is 11.8 Å². The van der Waals surface area contributed by atoms with Crippen LogP contribution in [0.25, 0.3) is 11.0 Å². The number of nitrogens with one attached hydrogen (secondary N) is 2. The van der Waals surface area contributed by atoms with E-state index in [4.69, 9.17) is 0 Å². The van der Waals surface area contributed by atoms with Crippen LogP contribution < -0.4 is 11.1 Å². The lowest BCUT2D eigenvalue weighted by molar-refractivity contribution is -0.133. The van der Waals surface area contributed by atoms with Crippen LogP contribution in [0.3, 0.4) is 0 Å². The minimum Gasteiger partial charge on any atom is -0.341 e. The predicted octanol–water partition coefficient (Wildman–Crippen LogP) is -0.0992. The maximum absolute atomic E-state index is 13.1. The molecule has 0 spiro atoms. The second-order valence-electron chi connectivity index (χ2n) is 6.70. The van der Waals surface area contributed by atoms with Gasteiger partial charge in [-0.2, -0.15) is 4.31 Å². The third-order valence-electron chi connectivity index (χ3n) is 4.87. The maximum atomic E-state index is 13.1. The summed E-state index contributed by atoms with van der Waals surface area (Å²) in [5, 5.41) is 0. The van der Waals surface area contributed by atoms with Gasteiger partial charge in [0.2, 0.25) is 15.9 Å². The van der Waals surface area contributed by atoms with E-state index in [-0.39, 0.29) is 28.2 Å². The summed E-state index contributed by atoms with van der Waals surface area (Å²) in [4.78, 5) is 42.0. The molecule has 27 heavy (non-hydrogen) atoms. The van der Waals surface area contributed by atoms with Crippen molar-refractivity contribution in [3.8, 4) is 0 Å². The Morgan fingerprint density at radius 1 is 1.19 bits per heavy atom. The highest BCUT2D eigenvalue weighted by Crippen LogP contribution is 2.32. The number of rotatable bonds is 4. The average molecular weight is 410 g/mol. The third kappa shape index (κ3) is 3.19. The topological polar surface area (TPSA) is 123 Å². The molecule has 1 aromatic heterocycles. The van der Waals surface area contributed by atoms with Gasteiger partial charge in [-0.3, -0.25) is 14.4 Å². The van der Waals surface area contributed by atoms with Crippen LogP contribution in [0.2, 0.25) is 0 Å². The Bertz CT molecular complexity index is 1140. The van der Waals surface area contributed by atoms with Gasteiger partial charge in [-0.25, -0.2) is 8.42 Å². The summed E-state index contributed by atoms with van der Waals surface area (Å²) in [5.74, 6) is 0.411. The van der Waals surface area contributed by atoms with Gasteiger partial charge in [0.1, 0.15) is 6.04 Å². The fraction of sp³-hybridized carbons (Fsp3) is 0.438. The SMILES string of the molecule is CN(C(=O)C1CSCN1S(=O)(=O)c1ccc2[nH]c(=O)c(=O)[nH]c2c1)C1CC1. The Labute approximate surface area is 158 Å². The molecule has 0 bridgehead atoms. The first-order chi connectivity index (χ1) is 12.8. The largest absolute Gasteiger partial charge is 0.341 e. The Morgan fingerprint density at radius 2 is 1.85 bits per heavy atom. The number of H-pyrrole nitrogens is 2. The van der Waals surface area contributed by atoms with Crippen LogP contribution in [0.5, 0.6) is 0 Å². The lowest BCUT2D eigenvalue weighted by Gasteiger charge is -2.26. The van der Waals surface area contributed by atoms with Crippen molar-refractivity contribution in [3.05, 3.63) is 38.9 Å². The van der Waals surface area contributed by atoms with E-state index in [1.54, 1.807) is 11.9 Å². The normalized spacial score (nSPS) is 20.9. The number of nitrogens with zero attached hydrogens (tertiary/aromatic N) is 2. The molecular weight excluding hydrogens is 392 g/mol. The standard InChI is InChI=1S/C16H18N4O5S2/c1-19(9-2-3-9)16(23)13-7-26-8-20(13)27(24,25)10-4-5-11-12(6-10)18-15(22)14(21)17-11/h4-6,9,13H,2-3,7-8H2,1H3,(H,17,21)(H,18,22). The number of hydrogen-bond acceptors (Lipinski definition) is 6. The van der Waals surface area contributed by atoms with Crippen LogP contribution in [-0.2, 0) is 14.8 Å². The molecular formula is C16H18N4O5S2. The first-order valence-electron chi connectivity index (χ1n) is 8.41. The molecule has 11 heteroatoms. The summed E-state index contributed by atoms with van der Waals surface area (Å²) < 4.78 is 27.5. The fourth-order valence-corrected chi connectivity index (χ4v) is 6.29. The number of hydrogen-bond donors (Lipinski definition) is 2. The van der Waals surface area contributed by atoms with Gasteiger partial charge < -0.3 is 14.9 Å². The first-order valence-corrected chi connectivity index (χ1v) is 11.0. The van der Waals surface area contributed by atoms with E-state index in [0.29, 0.717) is 11.3 Å². The van der Waals surface area contributed by atoms with Gasteiger partial charge in [-0.1, -0.05) is 0 Å². The van der Waals surface area contributed by atoms with Gasteiger partial charge in [0.15, 0.2) is 0 Å². The molecule has 4 rings (SSSR count). The Hall–Kier alpha value is -2.11. The zero-order valence-corrected chi connectivity index (χ0v) is 16.1. The molecule has 1 saturated heterocycles. The van der Waals surface area contributed by atoms with Gasteiger partial charge >= 0.3 is 11.1 Å². The van der Waals surface area contributed by atoms with Crippen LogP contribution in [0, 0.1) is 0 Å². The molecule has 2 aliphatic rings. The van der Waals surface area contributed by atoms with E-state index in [9.17, 15) is 22.8 Å². The quantitative estimate of drug-likeness (QED) is 0.679. The summed E-state index contributed by atoms with van der Waals surface area (Å²) in [7, 11) is -2.22. The molecule has 2 fully saturated rings. The molecule has 1 saturated carbocycles. The number of likely N-dealkylation sites (N-methyl/N-ethyl adjacent to an activating group) is 1. The molecule has 9 nitrogen and oxygen atoms in total. The molecule has 1 atom stereocenters.